The van der Waals surface area contributed by atoms with Crippen LogP contribution in [-0.2, 0) is 0 Å². The largest absolute Gasteiger partial charge is 0.479 e. The molecule has 0 saturated carbocycles. The number of hydrogen-bond donors (Lipinski definition) is 2. The van der Waals surface area contributed by atoms with Gasteiger partial charge in [-0.15, -0.1) is 5.11 Å². The van der Waals surface area contributed by atoms with Gasteiger partial charge in [0, 0.05) is 11.6 Å². The third-order valence-electron chi connectivity index (χ3n) is 3.12. The molecule has 2 aromatic carbocycles. The molecule has 0 aliphatic carbocycles. The highest BCUT2D eigenvalue weighted by molar-refractivity contribution is 5.88. The SMILES string of the molecule is O=C(O)c1cccc(N=Nc2cc(-c3ccccc3)oc2O)c1. The summed E-state index contributed by atoms with van der Waals surface area (Å²) in [6.45, 7) is 0. The summed E-state index contributed by atoms with van der Waals surface area (Å²) >= 11 is 0. The van der Waals surface area contributed by atoms with Crippen LogP contribution in [0.5, 0.6) is 5.95 Å². The summed E-state index contributed by atoms with van der Waals surface area (Å²) in [4.78, 5) is 10.9. The number of furan rings is 1. The molecule has 6 heteroatoms. The number of benzene rings is 2. The molecule has 23 heavy (non-hydrogen) atoms. The van der Waals surface area contributed by atoms with E-state index in [1.54, 1.807) is 18.2 Å². The van der Waals surface area contributed by atoms with Crippen molar-refractivity contribution < 1.29 is 19.4 Å². The second kappa shape index (κ2) is 6.15. The summed E-state index contributed by atoms with van der Waals surface area (Å²) in [6, 6.07) is 16.9. The molecule has 3 aromatic rings. The predicted octanol–water partition coefficient (Wildman–Crippen LogP) is 4.77. The van der Waals surface area contributed by atoms with Crippen molar-refractivity contribution in [2.24, 2.45) is 10.2 Å². The van der Waals surface area contributed by atoms with Crippen molar-refractivity contribution in [3.8, 4) is 17.3 Å². The van der Waals surface area contributed by atoms with Gasteiger partial charge in [0.1, 0.15) is 5.76 Å². The number of carboxylic acids is 1. The topological polar surface area (TPSA) is 95.4 Å². The second-order valence-electron chi connectivity index (χ2n) is 4.72. The van der Waals surface area contributed by atoms with E-state index >= 15 is 0 Å². The number of rotatable bonds is 4. The van der Waals surface area contributed by atoms with Gasteiger partial charge in [0.2, 0.25) is 0 Å². The van der Waals surface area contributed by atoms with Crippen LogP contribution >= 0.6 is 0 Å². The molecule has 0 radical (unpaired) electrons. The van der Waals surface area contributed by atoms with Crippen LogP contribution < -0.4 is 0 Å². The maximum atomic E-state index is 10.9. The van der Waals surface area contributed by atoms with Gasteiger partial charge in [-0.1, -0.05) is 36.4 Å². The minimum absolute atomic E-state index is 0.114. The molecule has 1 aromatic heterocycles. The highest BCUT2D eigenvalue weighted by atomic mass is 16.5. The summed E-state index contributed by atoms with van der Waals surface area (Å²) < 4.78 is 5.26. The number of aromatic hydroxyl groups is 1. The van der Waals surface area contributed by atoms with Crippen LogP contribution in [0.15, 0.2) is 75.3 Å². The zero-order valence-electron chi connectivity index (χ0n) is 11.9. The lowest BCUT2D eigenvalue weighted by atomic mass is 10.2. The molecule has 2 N–H and O–H groups in total. The lowest BCUT2D eigenvalue weighted by molar-refractivity contribution is 0.0697. The van der Waals surface area contributed by atoms with Gasteiger partial charge < -0.3 is 14.6 Å². The van der Waals surface area contributed by atoms with Crippen molar-refractivity contribution in [1.82, 2.24) is 0 Å². The van der Waals surface area contributed by atoms with E-state index in [4.69, 9.17) is 9.52 Å². The van der Waals surface area contributed by atoms with Crippen LogP contribution in [0.2, 0.25) is 0 Å². The summed E-state index contributed by atoms with van der Waals surface area (Å²) in [5, 5.41) is 26.6. The minimum Gasteiger partial charge on any atom is -0.479 e. The van der Waals surface area contributed by atoms with Crippen LogP contribution in [-0.4, -0.2) is 16.2 Å². The number of aromatic carboxylic acids is 1. The third kappa shape index (κ3) is 3.26. The van der Waals surface area contributed by atoms with Gasteiger partial charge in [-0.05, 0) is 18.2 Å². The Morgan fingerprint density at radius 1 is 0.957 bits per heavy atom. The Labute approximate surface area is 131 Å². The van der Waals surface area contributed by atoms with E-state index in [1.165, 1.54) is 12.1 Å². The Hall–Kier alpha value is -3.41. The van der Waals surface area contributed by atoms with E-state index in [0.29, 0.717) is 11.4 Å². The molecule has 0 spiro atoms. The monoisotopic (exact) mass is 308 g/mol. The van der Waals surface area contributed by atoms with Gasteiger partial charge in [-0.2, -0.15) is 5.11 Å². The molecule has 6 nitrogen and oxygen atoms in total. The van der Waals surface area contributed by atoms with E-state index in [-0.39, 0.29) is 17.2 Å². The summed E-state index contributed by atoms with van der Waals surface area (Å²) in [5.74, 6) is -0.919. The minimum atomic E-state index is -1.04. The van der Waals surface area contributed by atoms with Gasteiger partial charge >= 0.3 is 11.9 Å². The van der Waals surface area contributed by atoms with Gasteiger partial charge in [0.25, 0.3) is 0 Å². The normalized spacial score (nSPS) is 11.0. The molecule has 0 unspecified atom stereocenters. The van der Waals surface area contributed by atoms with Crippen LogP contribution in [0.1, 0.15) is 10.4 Å². The first kappa shape index (κ1) is 14.5. The molecule has 0 aliphatic heterocycles. The van der Waals surface area contributed by atoms with E-state index in [0.717, 1.165) is 5.56 Å². The van der Waals surface area contributed by atoms with E-state index in [1.807, 2.05) is 30.3 Å². The summed E-state index contributed by atoms with van der Waals surface area (Å²) in [6.07, 6.45) is 0. The fourth-order valence-electron chi connectivity index (χ4n) is 2.00. The molecular weight excluding hydrogens is 296 g/mol. The molecule has 0 bridgehead atoms. The quantitative estimate of drug-likeness (QED) is 0.679. The summed E-state index contributed by atoms with van der Waals surface area (Å²) in [5.41, 5.74) is 1.45. The number of carboxylic acid groups (broad SMARTS) is 1. The fraction of sp³-hybridized carbons (Fsp3) is 0. The molecule has 0 fully saturated rings. The van der Waals surface area contributed by atoms with E-state index < -0.39 is 5.97 Å². The first-order valence-electron chi connectivity index (χ1n) is 6.77. The molecule has 0 aliphatic rings. The molecule has 0 atom stereocenters. The van der Waals surface area contributed by atoms with Gasteiger partial charge in [-0.3, -0.25) is 0 Å². The number of azo groups is 1. The van der Waals surface area contributed by atoms with Crippen LogP contribution in [0.3, 0.4) is 0 Å². The van der Waals surface area contributed by atoms with Crippen LogP contribution in [0, 0.1) is 0 Å². The van der Waals surface area contributed by atoms with E-state index in [2.05, 4.69) is 10.2 Å². The Morgan fingerprint density at radius 2 is 1.74 bits per heavy atom. The van der Waals surface area contributed by atoms with Crippen molar-refractivity contribution in [2.75, 3.05) is 0 Å². The predicted molar refractivity (Wildman–Crippen MR) is 83.4 cm³/mol. The Balaban J connectivity index is 1.87. The first-order valence-corrected chi connectivity index (χ1v) is 6.77. The zero-order chi connectivity index (χ0) is 16.2. The standard InChI is InChI=1S/C17H12N2O4/c20-16(21)12-7-4-8-13(9-12)18-19-14-10-15(23-17(14)22)11-5-2-1-3-6-11/h1-10,22H,(H,20,21). The van der Waals surface area contributed by atoms with Gasteiger partial charge in [0.05, 0.1) is 11.3 Å². The molecule has 0 amide bonds. The van der Waals surface area contributed by atoms with Crippen molar-refractivity contribution in [2.45, 2.75) is 0 Å². The Bertz CT molecular complexity index is 869. The first-order chi connectivity index (χ1) is 11.1. The van der Waals surface area contributed by atoms with Gasteiger partial charge in [-0.25, -0.2) is 4.79 Å². The molecular formula is C17H12N2O4. The van der Waals surface area contributed by atoms with Crippen LogP contribution in [0.4, 0.5) is 11.4 Å². The van der Waals surface area contributed by atoms with Crippen molar-refractivity contribution >= 4 is 17.3 Å². The highest BCUT2D eigenvalue weighted by Crippen LogP contribution is 2.36. The average Bonchev–Trinajstić information content (AvgIpc) is 2.95. The van der Waals surface area contributed by atoms with E-state index in [9.17, 15) is 9.90 Å². The second-order valence-corrected chi connectivity index (χ2v) is 4.72. The fourth-order valence-corrected chi connectivity index (χ4v) is 2.00. The molecule has 1 heterocycles. The zero-order valence-corrected chi connectivity index (χ0v) is 11.9. The van der Waals surface area contributed by atoms with Crippen molar-refractivity contribution in [3.63, 3.8) is 0 Å². The van der Waals surface area contributed by atoms with Gasteiger partial charge in [0.15, 0.2) is 5.69 Å². The Kier molecular flexibility index (Phi) is 3.88. The average molecular weight is 308 g/mol. The number of carbonyl (C=O) groups is 1. The molecule has 114 valence electrons. The van der Waals surface area contributed by atoms with Crippen molar-refractivity contribution in [3.05, 3.63) is 66.2 Å². The summed E-state index contributed by atoms with van der Waals surface area (Å²) in [7, 11) is 0. The lowest BCUT2D eigenvalue weighted by Gasteiger charge is -1.95. The van der Waals surface area contributed by atoms with Crippen molar-refractivity contribution in [1.29, 1.82) is 0 Å². The number of nitrogens with zero attached hydrogens (tertiary/aromatic N) is 2. The Morgan fingerprint density at radius 3 is 2.48 bits per heavy atom. The lowest BCUT2D eigenvalue weighted by Crippen LogP contribution is -1.94. The smallest absolute Gasteiger partial charge is 0.335 e. The highest BCUT2D eigenvalue weighted by Gasteiger charge is 2.11. The maximum Gasteiger partial charge on any atom is 0.335 e. The number of hydrogen-bond acceptors (Lipinski definition) is 5. The maximum absolute atomic E-state index is 10.9. The van der Waals surface area contributed by atoms with Crippen LogP contribution in [0.25, 0.3) is 11.3 Å². The molecule has 0 saturated heterocycles. The molecule has 3 rings (SSSR count). The third-order valence-corrected chi connectivity index (χ3v) is 3.12.